The molecule has 0 aliphatic carbocycles. The summed E-state index contributed by atoms with van der Waals surface area (Å²) in [5, 5.41) is 6.24. The molecular formula is C13H24N4O2S2. The predicted molar refractivity (Wildman–Crippen MR) is 89.4 cm³/mol. The first kappa shape index (κ1) is 17.9. The first-order valence-electron chi connectivity index (χ1n) is 6.99. The van der Waals surface area contributed by atoms with Crippen molar-refractivity contribution >= 4 is 27.3 Å². The van der Waals surface area contributed by atoms with E-state index < -0.39 is 10.0 Å². The van der Waals surface area contributed by atoms with Gasteiger partial charge in [0.25, 0.3) is 0 Å². The van der Waals surface area contributed by atoms with Crippen molar-refractivity contribution in [3.63, 3.8) is 0 Å². The van der Waals surface area contributed by atoms with Gasteiger partial charge in [-0.1, -0.05) is 6.92 Å². The smallest absolute Gasteiger partial charge is 0.208 e. The lowest BCUT2D eigenvalue weighted by atomic mass is 10.4. The van der Waals surface area contributed by atoms with Gasteiger partial charge >= 0.3 is 0 Å². The minimum absolute atomic E-state index is 0.336. The Labute approximate surface area is 131 Å². The quantitative estimate of drug-likeness (QED) is 0.375. The molecule has 1 aromatic rings. The number of aliphatic imine (C=N–C) groups is 1. The zero-order chi connectivity index (χ0) is 15.7. The molecule has 0 unspecified atom stereocenters. The Morgan fingerprint density at radius 2 is 1.90 bits per heavy atom. The highest BCUT2D eigenvalue weighted by Crippen LogP contribution is 2.17. The van der Waals surface area contributed by atoms with Crippen LogP contribution in [0.4, 0.5) is 0 Å². The molecule has 0 fully saturated rings. The molecule has 1 heterocycles. The summed E-state index contributed by atoms with van der Waals surface area (Å²) in [6.07, 6.45) is 2.19. The third-order valence-electron chi connectivity index (χ3n) is 2.58. The van der Waals surface area contributed by atoms with Crippen molar-refractivity contribution in [3.8, 4) is 0 Å². The van der Waals surface area contributed by atoms with E-state index in [0.717, 1.165) is 19.2 Å². The monoisotopic (exact) mass is 332 g/mol. The second-order valence-corrected chi connectivity index (χ2v) is 7.60. The first-order valence-corrected chi connectivity index (χ1v) is 9.69. The van der Waals surface area contributed by atoms with Crippen LogP contribution < -0.4 is 15.4 Å². The van der Waals surface area contributed by atoms with Gasteiger partial charge in [-0.15, -0.1) is 11.3 Å². The van der Waals surface area contributed by atoms with Crippen molar-refractivity contribution in [1.82, 2.24) is 15.4 Å². The van der Waals surface area contributed by atoms with Gasteiger partial charge in [0.1, 0.15) is 0 Å². The van der Waals surface area contributed by atoms with Crippen LogP contribution in [0.2, 0.25) is 0 Å². The van der Waals surface area contributed by atoms with Crippen molar-refractivity contribution in [1.29, 1.82) is 0 Å². The standard InChI is InChI=1S/C13H24N4O2S2/c1-4-11-6-7-12(20-11)10-16-13(14-5-2)15-8-9-17-21(3,18)19/h6-7,17H,4-5,8-10H2,1-3H3,(H2,14,15,16). The van der Waals surface area contributed by atoms with Crippen molar-refractivity contribution in [2.45, 2.75) is 26.8 Å². The molecule has 0 aliphatic rings. The van der Waals surface area contributed by atoms with Crippen molar-refractivity contribution in [3.05, 3.63) is 21.9 Å². The Morgan fingerprint density at radius 3 is 2.48 bits per heavy atom. The molecular weight excluding hydrogens is 308 g/mol. The van der Waals surface area contributed by atoms with Crippen molar-refractivity contribution in [2.24, 2.45) is 4.99 Å². The minimum atomic E-state index is -3.14. The predicted octanol–water partition coefficient (Wildman–Crippen LogP) is 0.915. The van der Waals surface area contributed by atoms with E-state index in [4.69, 9.17) is 0 Å². The Kier molecular flexibility index (Phi) is 7.69. The van der Waals surface area contributed by atoms with E-state index in [-0.39, 0.29) is 0 Å². The summed E-state index contributed by atoms with van der Waals surface area (Å²) in [6, 6.07) is 4.23. The van der Waals surface area contributed by atoms with E-state index >= 15 is 0 Å². The Balaban J connectivity index is 2.45. The largest absolute Gasteiger partial charge is 0.357 e. The van der Waals surface area contributed by atoms with Gasteiger partial charge in [-0.3, -0.25) is 0 Å². The molecule has 0 atom stereocenters. The molecule has 0 spiro atoms. The molecule has 0 aromatic carbocycles. The molecule has 0 saturated heterocycles. The molecule has 0 saturated carbocycles. The number of aryl methyl sites for hydroxylation is 1. The number of sulfonamides is 1. The summed E-state index contributed by atoms with van der Waals surface area (Å²) in [6.45, 7) is 6.34. The topological polar surface area (TPSA) is 82.6 Å². The van der Waals surface area contributed by atoms with Crippen LogP contribution in [-0.2, 0) is 23.0 Å². The fraction of sp³-hybridized carbons (Fsp3) is 0.615. The second-order valence-electron chi connectivity index (χ2n) is 4.51. The van der Waals surface area contributed by atoms with E-state index in [1.54, 1.807) is 11.3 Å². The highest BCUT2D eigenvalue weighted by atomic mass is 32.2. The summed E-state index contributed by atoms with van der Waals surface area (Å²) in [7, 11) is -3.14. The lowest BCUT2D eigenvalue weighted by Gasteiger charge is -2.11. The zero-order valence-electron chi connectivity index (χ0n) is 12.8. The van der Waals surface area contributed by atoms with Gasteiger partial charge < -0.3 is 10.6 Å². The maximum Gasteiger partial charge on any atom is 0.208 e. The van der Waals surface area contributed by atoms with E-state index in [1.807, 2.05) is 6.92 Å². The summed E-state index contributed by atoms with van der Waals surface area (Å²) < 4.78 is 24.4. The highest BCUT2D eigenvalue weighted by molar-refractivity contribution is 7.88. The van der Waals surface area contributed by atoms with Crippen LogP contribution in [0.1, 0.15) is 23.6 Å². The molecule has 0 bridgehead atoms. The number of hydrogen-bond acceptors (Lipinski definition) is 4. The lowest BCUT2D eigenvalue weighted by Crippen LogP contribution is -2.41. The van der Waals surface area contributed by atoms with E-state index in [9.17, 15) is 8.42 Å². The molecule has 1 aromatic heterocycles. The van der Waals surface area contributed by atoms with Crippen molar-refractivity contribution in [2.75, 3.05) is 25.9 Å². The molecule has 3 N–H and O–H groups in total. The summed E-state index contributed by atoms with van der Waals surface area (Å²) in [5.41, 5.74) is 0. The van der Waals surface area contributed by atoms with Crippen LogP contribution in [-0.4, -0.2) is 40.3 Å². The van der Waals surface area contributed by atoms with Gasteiger partial charge in [0, 0.05) is 29.4 Å². The zero-order valence-corrected chi connectivity index (χ0v) is 14.4. The SMILES string of the molecule is CCNC(=NCc1ccc(CC)s1)NCCNS(C)(=O)=O. The molecule has 8 heteroatoms. The maximum absolute atomic E-state index is 11.0. The molecule has 0 aliphatic heterocycles. The fourth-order valence-electron chi connectivity index (χ4n) is 1.61. The van der Waals surface area contributed by atoms with Crippen LogP contribution in [0.15, 0.2) is 17.1 Å². The highest BCUT2D eigenvalue weighted by Gasteiger charge is 2.02. The average molecular weight is 332 g/mol. The van der Waals surface area contributed by atoms with Crippen molar-refractivity contribution < 1.29 is 8.42 Å². The third-order valence-corrected chi connectivity index (χ3v) is 4.53. The second kappa shape index (κ2) is 9.01. The Bertz CT molecular complexity index is 552. The fourth-order valence-corrected chi connectivity index (χ4v) is 2.97. The Hall–Kier alpha value is -1.12. The van der Waals surface area contributed by atoms with Gasteiger partial charge in [0.15, 0.2) is 5.96 Å². The van der Waals surface area contributed by atoms with Gasteiger partial charge in [-0.2, -0.15) is 0 Å². The van der Waals surface area contributed by atoms with Crippen LogP contribution in [0.25, 0.3) is 0 Å². The molecule has 0 radical (unpaired) electrons. The number of hydrogen-bond donors (Lipinski definition) is 3. The van der Waals surface area contributed by atoms with Gasteiger partial charge in [0.2, 0.25) is 10.0 Å². The van der Waals surface area contributed by atoms with E-state index in [2.05, 4.69) is 39.4 Å². The molecule has 21 heavy (non-hydrogen) atoms. The third kappa shape index (κ3) is 8.03. The minimum Gasteiger partial charge on any atom is -0.357 e. The van der Waals surface area contributed by atoms with Gasteiger partial charge in [0.05, 0.1) is 12.8 Å². The van der Waals surface area contributed by atoms with Gasteiger partial charge in [-0.25, -0.2) is 18.1 Å². The molecule has 0 amide bonds. The maximum atomic E-state index is 11.0. The number of nitrogens with one attached hydrogen (secondary N) is 3. The van der Waals surface area contributed by atoms with Gasteiger partial charge in [-0.05, 0) is 25.5 Å². The van der Waals surface area contributed by atoms with Crippen LogP contribution in [0.5, 0.6) is 0 Å². The normalized spacial score (nSPS) is 12.4. The van der Waals surface area contributed by atoms with Crippen LogP contribution in [0.3, 0.4) is 0 Å². The van der Waals surface area contributed by atoms with E-state index in [0.29, 0.717) is 25.6 Å². The first-order chi connectivity index (χ1) is 9.94. The molecule has 6 nitrogen and oxygen atoms in total. The summed E-state index contributed by atoms with van der Waals surface area (Å²) in [4.78, 5) is 7.07. The average Bonchev–Trinajstić information content (AvgIpc) is 2.87. The summed E-state index contributed by atoms with van der Waals surface area (Å²) >= 11 is 1.77. The Morgan fingerprint density at radius 1 is 1.19 bits per heavy atom. The number of thiophene rings is 1. The number of nitrogens with zero attached hydrogens (tertiary/aromatic N) is 1. The lowest BCUT2D eigenvalue weighted by molar-refractivity contribution is 0.586. The van der Waals surface area contributed by atoms with Crippen LogP contribution in [0, 0.1) is 0 Å². The summed E-state index contributed by atoms with van der Waals surface area (Å²) in [5.74, 6) is 0.694. The van der Waals surface area contributed by atoms with Crippen LogP contribution >= 0.6 is 11.3 Å². The van der Waals surface area contributed by atoms with E-state index in [1.165, 1.54) is 9.75 Å². The number of guanidine groups is 1. The number of rotatable bonds is 8. The molecule has 1 rings (SSSR count). The molecule has 120 valence electrons.